The second-order valence-electron chi connectivity index (χ2n) is 0.964. The number of carbonyl (C=O) groups is 1. The molecule has 0 amide bonds. The lowest BCUT2D eigenvalue weighted by molar-refractivity contribution is -0.104. The molecule has 0 N–H and O–H groups in total. The molecule has 0 bridgehead atoms. The Morgan fingerprint density at radius 1 is 1.83 bits per heavy atom. The largest absolute Gasteiger partial charge is 0.298 e. The molecule has 0 heterocycles. The van der Waals surface area contributed by atoms with Crippen molar-refractivity contribution in [2.45, 2.75) is 6.92 Å². The Labute approximate surface area is 43.5 Å². The van der Waals surface area contributed by atoms with E-state index < -0.39 is 0 Å². The molecule has 0 spiro atoms. The van der Waals surface area contributed by atoms with E-state index in [0.29, 0.717) is 5.57 Å². The van der Waals surface area contributed by atoms with Crippen LogP contribution in [0.15, 0.2) is 12.2 Å². The van der Waals surface area contributed by atoms with Crippen LogP contribution in [0.25, 0.3) is 0 Å². The predicted molar refractivity (Wildman–Crippen MR) is 28.1 cm³/mol. The van der Waals surface area contributed by atoms with Crippen molar-refractivity contribution in [3.8, 4) is 0 Å². The number of rotatable bonds is 1. The molecule has 36 valence electrons. The van der Waals surface area contributed by atoms with Gasteiger partial charge in [0.05, 0.1) is 0 Å². The Morgan fingerprint density at radius 3 is 2.00 bits per heavy atom. The van der Waals surface area contributed by atoms with Crippen LogP contribution in [0.3, 0.4) is 0 Å². The minimum atomic E-state index is 0. The minimum absolute atomic E-state index is 0. The summed E-state index contributed by atoms with van der Waals surface area (Å²) in [7, 11) is 0. The van der Waals surface area contributed by atoms with Crippen LogP contribution >= 0.6 is 12.4 Å². The maximum atomic E-state index is 9.41. The van der Waals surface area contributed by atoms with Crippen LogP contribution in [0, 0.1) is 0 Å². The summed E-state index contributed by atoms with van der Waals surface area (Å²) in [4.78, 5) is 9.41. The van der Waals surface area contributed by atoms with E-state index in [0.717, 1.165) is 6.29 Å². The Morgan fingerprint density at radius 2 is 2.00 bits per heavy atom. The molecule has 0 atom stereocenters. The molecule has 0 fully saturated rings. The third-order valence-electron chi connectivity index (χ3n) is 0.201. The number of hydrogen-bond acceptors (Lipinski definition) is 1. The lowest BCUT2D eigenvalue weighted by Gasteiger charge is -1.65. The molecule has 0 unspecified atom stereocenters. The van der Waals surface area contributed by atoms with Crippen LogP contribution in [0.5, 0.6) is 0 Å². The highest BCUT2D eigenvalue weighted by molar-refractivity contribution is 5.85. The Kier molecular flexibility index (Phi) is 7.20. The zero-order chi connectivity index (χ0) is 4.28. The first-order valence-corrected chi connectivity index (χ1v) is 1.38. The van der Waals surface area contributed by atoms with Crippen molar-refractivity contribution in [2.24, 2.45) is 0 Å². The van der Waals surface area contributed by atoms with Gasteiger partial charge in [-0.25, -0.2) is 0 Å². The summed E-state index contributed by atoms with van der Waals surface area (Å²) in [6.07, 6.45) is 0.722. The summed E-state index contributed by atoms with van der Waals surface area (Å²) in [6.45, 7) is 4.97. The third-order valence-corrected chi connectivity index (χ3v) is 0.201. The van der Waals surface area contributed by atoms with Crippen molar-refractivity contribution in [1.82, 2.24) is 0 Å². The second kappa shape index (κ2) is 4.70. The SMILES string of the molecule is C=C(C)C=O.Cl. The van der Waals surface area contributed by atoms with Gasteiger partial charge in [-0.3, -0.25) is 4.79 Å². The highest BCUT2D eigenvalue weighted by Crippen LogP contribution is 1.70. The molecular weight excluding hydrogens is 99.5 g/mol. The molecule has 2 heteroatoms. The highest BCUT2D eigenvalue weighted by Gasteiger charge is 1.66. The Bertz CT molecular complexity index is 58.6. The highest BCUT2D eigenvalue weighted by atomic mass is 35.5. The first kappa shape index (κ1) is 9.20. The molecule has 0 rings (SSSR count). The van der Waals surface area contributed by atoms with E-state index in [4.69, 9.17) is 0 Å². The summed E-state index contributed by atoms with van der Waals surface area (Å²) in [5.74, 6) is 0. The Balaban J connectivity index is 0. The third kappa shape index (κ3) is 9.33. The average molecular weight is 107 g/mol. The summed E-state index contributed by atoms with van der Waals surface area (Å²) < 4.78 is 0. The van der Waals surface area contributed by atoms with Crippen molar-refractivity contribution < 1.29 is 4.79 Å². The molecular formula is C4H7ClO. The molecule has 1 nitrogen and oxygen atoms in total. The van der Waals surface area contributed by atoms with E-state index in [9.17, 15) is 4.79 Å². The second-order valence-corrected chi connectivity index (χ2v) is 0.964. The van der Waals surface area contributed by atoms with Gasteiger partial charge in [0.2, 0.25) is 0 Å². The number of hydrogen-bond donors (Lipinski definition) is 0. The molecule has 6 heavy (non-hydrogen) atoms. The van der Waals surface area contributed by atoms with E-state index in [1.54, 1.807) is 6.92 Å². The van der Waals surface area contributed by atoms with E-state index in [-0.39, 0.29) is 12.4 Å². The normalized spacial score (nSPS) is 5.50. The summed E-state index contributed by atoms with van der Waals surface area (Å²) in [5, 5.41) is 0. The average Bonchev–Trinajstić information content (AvgIpc) is 1.38. The van der Waals surface area contributed by atoms with E-state index in [2.05, 4.69) is 6.58 Å². The minimum Gasteiger partial charge on any atom is -0.298 e. The van der Waals surface area contributed by atoms with Gasteiger partial charge < -0.3 is 0 Å². The number of carbonyl (C=O) groups excluding carboxylic acids is 1. The van der Waals surface area contributed by atoms with Crippen LogP contribution in [0.2, 0.25) is 0 Å². The van der Waals surface area contributed by atoms with Crippen molar-refractivity contribution in [3.63, 3.8) is 0 Å². The van der Waals surface area contributed by atoms with E-state index >= 15 is 0 Å². The lowest BCUT2D eigenvalue weighted by Crippen LogP contribution is -1.65. The molecule has 0 saturated heterocycles. The predicted octanol–water partition coefficient (Wildman–Crippen LogP) is 1.18. The van der Waals surface area contributed by atoms with Gasteiger partial charge in [-0.05, 0) is 12.5 Å². The van der Waals surface area contributed by atoms with E-state index in [1.165, 1.54) is 0 Å². The lowest BCUT2D eigenvalue weighted by atomic mass is 10.4. The van der Waals surface area contributed by atoms with Crippen molar-refractivity contribution in [2.75, 3.05) is 0 Å². The van der Waals surface area contributed by atoms with Crippen LogP contribution in [0.1, 0.15) is 6.92 Å². The van der Waals surface area contributed by atoms with Crippen LogP contribution in [-0.2, 0) is 4.79 Å². The molecule has 0 aromatic carbocycles. The zero-order valence-corrected chi connectivity index (χ0v) is 4.42. The van der Waals surface area contributed by atoms with Gasteiger partial charge in [-0.2, -0.15) is 0 Å². The van der Waals surface area contributed by atoms with E-state index in [1.807, 2.05) is 0 Å². The topological polar surface area (TPSA) is 17.1 Å². The van der Waals surface area contributed by atoms with Gasteiger partial charge in [0.25, 0.3) is 0 Å². The molecule has 0 radical (unpaired) electrons. The van der Waals surface area contributed by atoms with Crippen molar-refractivity contribution in [3.05, 3.63) is 12.2 Å². The Hall–Kier alpha value is -0.300. The fraction of sp³-hybridized carbons (Fsp3) is 0.250. The molecule has 0 aromatic heterocycles. The molecule has 0 aliphatic heterocycles. The van der Waals surface area contributed by atoms with Gasteiger partial charge in [0.1, 0.15) is 6.29 Å². The van der Waals surface area contributed by atoms with Crippen molar-refractivity contribution >= 4 is 18.7 Å². The first-order valence-electron chi connectivity index (χ1n) is 1.38. The monoisotopic (exact) mass is 106 g/mol. The fourth-order valence-corrected chi connectivity index (χ4v) is 0. The molecule has 0 aliphatic carbocycles. The molecule has 0 aliphatic rings. The van der Waals surface area contributed by atoms with Gasteiger partial charge in [-0.15, -0.1) is 12.4 Å². The standard InChI is InChI=1S/C4H6O.ClH/c1-4(2)3-5;/h3H,1H2,2H3;1H. The van der Waals surface area contributed by atoms with Gasteiger partial charge in [-0.1, -0.05) is 6.58 Å². The number of aldehydes is 1. The zero-order valence-electron chi connectivity index (χ0n) is 3.60. The van der Waals surface area contributed by atoms with Crippen LogP contribution in [0.4, 0.5) is 0 Å². The molecule has 0 aromatic rings. The summed E-state index contributed by atoms with van der Waals surface area (Å²) in [6, 6.07) is 0. The maximum absolute atomic E-state index is 9.41. The van der Waals surface area contributed by atoms with Gasteiger partial charge >= 0.3 is 0 Å². The maximum Gasteiger partial charge on any atom is 0.145 e. The first-order chi connectivity index (χ1) is 2.27. The fourth-order valence-electron chi connectivity index (χ4n) is 0. The quantitative estimate of drug-likeness (QED) is 0.363. The summed E-state index contributed by atoms with van der Waals surface area (Å²) >= 11 is 0. The van der Waals surface area contributed by atoms with Crippen LogP contribution in [-0.4, -0.2) is 6.29 Å². The van der Waals surface area contributed by atoms with Crippen LogP contribution < -0.4 is 0 Å². The van der Waals surface area contributed by atoms with Gasteiger partial charge in [0.15, 0.2) is 0 Å². The number of allylic oxidation sites excluding steroid dienone is 1. The summed E-state index contributed by atoms with van der Waals surface area (Å²) in [5.41, 5.74) is 0.574. The number of halogens is 1. The smallest absolute Gasteiger partial charge is 0.145 e. The molecule has 0 saturated carbocycles. The van der Waals surface area contributed by atoms with Gasteiger partial charge in [0, 0.05) is 0 Å². The van der Waals surface area contributed by atoms with Crippen molar-refractivity contribution in [1.29, 1.82) is 0 Å².